The third-order valence-electron chi connectivity index (χ3n) is 6.19. The van der Waals surface area contributed by atoms with Gasteiger partial charge in [0.05, 0.1) is 11.8 Å². The fourth-order valence-electron chi connectivity index (χ4n) is 4.25. The van der Waals surface area contributed by atoms with Crippen molar-refractivity contribution < 1.29 is 32.3 Å². The van der Waals surface area contributed by atoms with E-state index in [2.05, 4.69) is 10.5 Å². The van der Waals surface area contributed by atoms with Crippen LogP contribution in [0.4, 0.5) is 18.0 Å². The largest absolute Gasteiger partial charge is 0.444 e. The smallest absolute Gasteiger partial charge is 0.435 e. The molecule has 38 heavy (non-hydrogen) atoms. The first-order valence-corrected chi connectivity index (χ1v) is 12.5. The first kappa shape index (κ1) is 28.0. The number of likely N-dealkylation sites (tertiary alicyclic amines) is 1. The highest BCUT2D eigenvalue weighted by Crippen LogP contribution is 2.49. The summed E-state index contributed by atoms with van der Waals surface area (Å²) in [5.41, 5.74) is -2.26. The van der Waals surface area contributed by atoms with Gasteiger partial charge in [-0.25, -0.2) is 4.79 Å². The molecular formula is C26H26Cl2F3N3O4. The lowest BCUT2D eigenvalue weighted by Crippen LogP contribution is -2.61. The van der Waals surface area contributed by atoms with E-state index in [1.807, 2.05) is 0 Å². The Morgan fingerprint density at radius 1 is 1.11 bits per heavy atom. The molecule has 2 aliphatic rings. The molecule has 1 N–H and O–H groups in total. The number of benzene rings is 2. The quantitative estimate of drug-likeness (QED) is 0.471. The number of nitrogens with zero attached hydrogens (tertiary/aromatic N) is 2. The highest BCUT2D eigenvalue weighted by molar-refractivity contribution is 6.34. The maximum atomic E-state index is 14.3. The summed E-state index contributed by atoms with van der Waals surface area (Å²) in [7, 11) is 0. The molecule has 12 heteroatoms. The van der Waals surface area contributed by atoms with Gasteiger partial charge in [-0.1, -0.05) is 34.4 Å². The van der Waals surface area contributed by atoms with E-state index in [9.17, 15) is 22.8 Å². The second-order valence-corrected chi connectivity index (χ2v) is 11.2. The Balaban J connectivity index is 1.44. The summed E-state index contributed by atoms with van der Waals surface area (Å²) in [5.74, 6) is -0.356. The Morgan fingerprint density at radius 2 is 1.74 bits per heavy atom. The molecule has 1 atom stereocenters. The Morgan fingerprint density at radius 3 is 2.29 bits per heavy atom. The van der Waals surface area contributed by atoms with Gasteiger partial charge >= 0.3 is 12.3 Å². The van der Waals surface area contributed by atoms with Crippen LogP contribution in [0.3, 0.4) is 0 Å². The fourth-order valence-corrected chi connectivity index (χ4v) is 4.78. The van der Waals surface area contributed by atoms with Crippen molar-refractivity contribution in [3.05, 3.63) is 68.7 Å². The van der Waals surface area contributed by atoms with E-state index < -0.39 is 29.9 Å². The summed E-state index contributed by atoms with van der Waals surface area (Å²) >= 11 is 11.9. The normalized spacial score (nSPS) is 19.9. The maximum Gasteiger partial charge on any atom is 0.435 e. The summed E-state index contributed by atoms with van der Waals surface area (Å²) in [6.45, 7) is 7.63. The van der Waals surface area contributed by atoms with Crippen LogP contribution in [0.25, 0.3) is 0 Å². The maximum absolute atomic E-state index is 14.3. The molecule has 2 amide bonds. The highest BCUT2D eigenvalue weighted by atomic mass is 35.5. The zero-order valence-corrected chi connectivity index (χ0v) is 22.6. The lowest BCUT2D eigenvalue weighted by molar-refractivity contribution is -0.275. The van der Waals surface area contributed by atoms with Crippen molar-refractivity contribution in [2.75, 3.05) is 13.1 Å². The van der Waals surface area contributed by atoms with Crippen LogP contribution in [-0.2, 0) is 15.2 Å². The van der Waals surface area contributed by atoms with Crippen LogP contribution >= 0.6 is 23.2 Å². The number of carbonyl (C=O) groups excluding carboxylic acids is 2. The number of hydrogen-bond donors (Lipinski definition) is 1. The van der Waals surface area contributed by atoms with Crippen molar-refractivity contribution >= 4 is 40.9 Å². The highest BCUT2D eigenvalue weighted by Gasteiger charge is 2.62. The first-order chi connectivity index (χ1) is 17.6. The SMILES string of the molecule is Cc1cc(C2=NOC(c3cc(Cl)cc(Cl)c3)(C(F)(F)F)C2)ccc1C(=O)NC1CN(C(=O)OC(C)(C)C)C1. The minimum absolute atomic E-state index is 0.0417. The molecule has 0 radical (unpaired) electrons. The standard InChI is InChI=1S/C26H26Cl2F3N3O4/c1-14-7-15(5-6-20(14)22(35)32-19-12-34(13-19)23(36)37-24(2,3)4)21-11-25(38-33-21,26(29,30)31)16-8-17(27)10-18(28)9-16/h5-10,19H,11-13H2,1-4H3,(H,32,35). The van der Waals surface area contributed by atoms with Gasteiger partial charge in [0.25, 0.3) is 11.5 Å². The van der Waals surface area contributed by atoms with Gasteiger partial charge in [-0.15, -0.1) is 0 Å². The Hall–Kier alpha value is -2.98. The number of amides is 2. The van der Waals surface area contributed by atoms with Gasteiger partial charge < -0.3 is 19.8 Å². The summed E-state index contributed by atoms with van der Waals surface area (Å²) in [4.78, 5) is 31.4. The molecule has 4 rings (SSSR count). The molecule has 2 aromatic carbocycles. The molecule has 204 valence electrons. The number of ether oxygens (including phenoxy) is 1. The summed E-state index contributed by atoms with van der Waals surface area (Å²) in [6.07, 6.45) is -5.85. The molecule has 2 aliphatic heterocycles. The van der Waals surface area contributed by atoms with Crippen LogP contribution in [0.5, 0.6) is 0 Å². The average Bonchev–Trinajstić information content (AvgIpc) is 3.21. The van der Waals surface area contributed by atoms with Crippen molar-refractivity contribution in [2.24, 2.45) is 5.16 Å². The van der Waals surface area contributed by atoms with Gasteiger partial charge in [-0.3, -0.25) is 4.79 Å². The zero-order chi connectivity index (χ0) is 28.0. The lowest BCUT2D eigenvalue weighted by Gasteiger charge is -2.40. The number of oxime groups is 1. The average molecular weight is 572 g/mol. The molecule has 1 saturated heterocycles. The molecule has 0 saturated carbocycles. The van der Waals surface area contributed by atoms with Crippen molar-refractivity contribution in [1.82, 2.24) is 10.2 Å². The second kappa shape index (κ2) is 9.96. The number of aryl methyl sites for hydroxylation is 1. The molecule has 1 fully saturated rings. The predicted octanol–water partition coefficient (Wildman–Crippen LogP) is 6.23. The lowest BCUT2D eigenvalue weighted by atomic mass is 9.86. The number of halogens is 5. The molecular weight excluding hydrogens is 546 g/mol. The molecule has 0 aliphatic carbocycles. The van der Waals surface area contributed by atoms with E-state index in [-0.39, 0.29) is 33.3 Å². The van der Waals surface area contributed by atoms with E-state index in [4.69, 9.17) is 32.8 Å². The van der Waals surface area contributed by atoms with E-state index in [1.165, 1.54) is 23.1 Å². The van der Waals surface area contributed by atoms with Crippen LogP contribution < -0.4 is 5.32 Å². The van der Waals surface area contributed by atoms with Crippen LogP contribution in [0.2, 0.25) is 10.0 Å². The minimum atomic E-state index is -4.81. The predicted molar refractivity (Wildman–Crippen MR) is 137 cm³/mol. The Bertz CT molecular complexity index is 1280. The summed E-state index contributed by atoms with van der Waals surface area (Å²) in [5, 5.41) is 6.70. The molecule has 0 spiro atoms. The van der Waals surface area contributed by atoms with E-state index in [0.29, 0.717) is 29.8 Å². The monoisotopic (exact) mass is 571 g/mol. The van der Waals surface area contributed by atoms with E-state index in [1.54, 1.807) is 33.8 Å². The van der Waals surface area contributed by atoms with Gasteiger partial charge in [0.1, 0.15) is 5.60 Å². The summed E-state index contributed by atoms with van der Waals surface area (Å²) < 4.78 is 48.1. The third-order valence-corrected chi connectivity index (χ3v) is 6.62. The van der Waals surface area contributed by atoms with Gasteiger partial charge in [0, 0.05) is 40.7 Å². The molecule has 0 aromatic heterocycles. The molecule has 2 aromatic rings. The minimum Gasteiger partial charge on any atom is -0.444 e. The van der Waals surface area contributed by atoms with Crippen molar-refractivity contribution in [3.63, 3.8) is 0 Å². The number of rotatable bonds is 4. The summed E-state index contributed by atoms with van der Waals surface area (Å²) in [6, 6.07) is 8.04. The third kappa shape index (κ3) is 5.71. The topological polar surface area (TPSA) is 80.2 Å². The molecule has 0 bridgehead atoms. The Kier molecular flexibility index (Phi) is 7.35. The van der Waals surface area contributed by atoms with Gasteiger partial charge in [-0.2, -0.15) is 13.2 Å². The van der Waals surface area contributed by atoms with E-state index in [0.717, 1.165) is 12.1 Å². The number of nitrogens with one attached hydrogen (secondary N) is 1. The van der Waals surface area contributed by atoms with E-state index >= 15 is 0 Å². The Labute approximate surface area is 227 Å². The van der Waals surface area contributed by atoms with Crippen LogP contribution in [-0.4, -0.2) is 53.5 Å². The number of hydrogen-bond acceptors (Lipinski definition) is 5. The zero-order valence-electron chi connectivity index (χ0n) is 21.1. The van der Waals surface area contributed by atoms with Crippen LogP contribution in [0.15, 0.2) is 41.6 Å². The van der Waals surface area contributed by atoms with Crippen molar-refractivity contribution in [1.29, 1.82) is 0 Å². The number of carbonyl (C=O) groups is 2. The van der Waals surface area contributed by atoms with Crippen molar-refractivity contribution in [3.8, 4) is 0 Å². The molecule has 1 unspecified atom stereocenters. The molecule has 7 nitrogen and oxygen atoms in total. The van der Waals surface area contributed by atoms with Crippen LogP contribution in [0.1, 0.15) is 54.2 Å². The van der Waals surface area contributed by atoms with Crippen LogP contribution in [0, 0.1) is 6.92 Å². The van der Waals surface area contributed by atoms with Gasteiger partial charge in [-0.05, 0) is 69.2 Å². The number of alkyl halides is 3. The second-order valence-electron chi connectivity index (χ2n) is 10.4. The molecule has 2 heterocycles. The van der Waals surface area contributed by atoms with Gasteiger partial charge in [0.2, 0.25) is 0 Å². The van der Waals surface area contributed by atoms with Gasteiger partial charge in [0.15, 0.2) is 0 Å². The fraction of sp³-hybridized carbons (Fsp3) is 0.423. The van der Waals surface area contributed by atoms with Crippen molar-refractivity contribution in [2.45, 2.75) is 57.5 Å². The first-order valence-electron chi connectivity index (χ1n) is 11.8.